The first-order valence-electron chi connectivity index (χ1n) is 10.2. The van der Waals surface area contributed by atoms with Crippen molar-refractivity contribution in [2.75, 3.05) is 44.8 Å². The van der Waals surface area contributed by atoms with Crippen LogP contribution in [0.1, 0.15) is 40.2 Å². The Balaban J connectivity index is 2.12. The Kier molecular flexibility index (Phi) is 11.5. The van der Waals surface area contributed by atoms with Gasteiger partial charge in [-0.25, -0.2) is 0 Å². The summed E-state index contributed by atoms with van der Waals surface area (Å²) in [6, 6.07) is 8.25. The average molecular weight is 408 g/mol. The minimum absolute atomic E-state index is 0.0161. The number of carbonyl (C=O) groups excluding carboxylic acids is 2. The molecule has 1 aromatic carbocycles. The highest BCUT2D eigenvalue weighted by atomic mass is 16.5. The van der Waals surface area contributed by atoms with Crippen LogP contribution in [0.2, 0.25) is 0 Å². The smallest absolute Gasteiger partial charge is 0.250 e. The Morgan fingerprint density at radius 2 is 1.66 bits per heavy atom. The fourth-order valence-corrected chi connectivity index (χ4v) is 2.63. The van der Waals surface area contributed by atoms with Gasteiger partial charge >= 0.3 is 0 Å². The molecule has 0 atom stereocenters. The van der Waals surface area contributed by atoms with E-state index < -0.39 is 0 Å². The number of rotatable bonds is 13. The maximum absolute atomic E-state index is 12.0. The maximum Gasteiger partial charge on any atom is 0.250 e. The molecule has 0 saturated heterocycles. The van der Waals surface area contributed by atoms with E-state index in [9.17, 15) is 9.59 Å². The standard InChI is InChI=1S/C22H37N3O4/c1-17(2)23-9-10-24-20(26)15-28-11-12-29-16-21(27)25-19-8-6-7-18(13-19)14-22(3,4)5/h6-8,13,17,23H,9-12,14-16H2,1-5H3,(H,24,26)(H,25,27). The van der Waals surface area contributed by atoms with E-state index in [0.717, 1.165) is 18.7 Å². The van der Waals surface area contributed by atoms with Crippen molar-refractivity contribution in [2.24, 2.45) is 5.41 Å². The van der Waals surface area contributed by atoms with E-state index >= 15 is 0 Å². The van der Waals surface area contributed by atoms with Gasteiger partial charge in [-0.3, -0.25) is 9.59 Å². The maximum atomic E-state index is 12.0. The minimum atomic E-state index is -0.215. The van der Waals surface area contributed by atoms with Crippen molar-refractivity contribution in [3.8, 4) is 0 Å². The highest BCUT2D eigenvalue weighted by molar-refractivity contribution is 5.91. The Hall–Kier alpha value is -1.96. The second-order valence-corrected chi connectivity index (χ2v) is 8.55. The summed E-state index contributed by atoms with van der Waals surface area (Å²) in [4.78, 5) is 23.6. The summed E-state index contributed by atoms with van der Waals surface area (Å²) in [7, 11) is 0. The predicted octanol–water partition coefficient (Wildman–Crippen LogP) is 2.36. The number of ether oxygens (including phenoxy) is 2. The molecular weight excluding hydrogens is 370 g/mol. The molecule has 7 nitrogen and oxygen atoms in total. The monoisotopic (exact) mass is 407 g/mol. The van der Waals surface area contributed by atoms with Gasteiger partial charge in [0.05, 0.1) is 13.2 Å². The summed E-state index contributed by atoms with van der Waals surface area (Å²) in [5.74, 6) is -0.378. The lowest BCUT2D eigenvalue weighted by Crippen LogP contribution is -2.36. The second kappa shape index (κ2) is 13.3. The summed E-state index contributed by atoms with van der Waals surface area (Å²) in [5.41, 5.74) is 2.14. The van der Waals surface area contributed by atoms with Crippen molar-refractivity contribution in [1.82, 2.24) is 10.6 Å². The average Bonchev–Trinajstić information content (AvgIpc) is 2.60. The summed E-state index contributed by atoms with van der Waals surface area (Å²) in [6.45, 7) is 12.4. The number of nitrogens with one attached hydrogen (secondary N) is 3. The molecule has 2 amide bonds. The first-order chi connectivity index (χ1) is 13.7. The van der Waals surface area contributed by atoms with Gasteiger partial charge < -0.3 is 25.4 Å². The molecule has 1 aromatic rings. The molecule has 3 N–H and O–H groups in total. The van der Waals surface area contributed by atoms with Crippen molar-refractivity contribution in [2.45, 2.75) is 47.1 Å². The Bertz CT molecular complexity index is 627. The highest BCUT2D eigenvalue weighted by Crippen LogP contribution is 2.22. The zero-order valence-electron chi connectivity index (χ0n) is 18.5. The number of amides is 2. The Labute approximate surface area is 174 Å². The van der Waals surface area contributed by atoms with Crippen LogP contribution in [0.25, 0.3) is 0 Å². The fraction of sp³-hybridized carbons (Fsp3) is 0.636. The van der Waals surface area contributed by atoms with Crippen molar-refractivity contribution >= 4 is 17.5 Å². The fourth-order valence-electron chi connectivity index (χ4n) is 2.63. The second-order valence-electron chi connectivity index (χ2n) is 8.55. The van der Waals surface area contributed by atoms with Crippen LogP contribution < -0.4 is 16.0 Å². The van der Waals surface area contributed by atoms with Crippen LogP contribution in [0.3, 0.4) is 0 Å². The van der Waals surface area contributed by atoms with Crippen LogP contribution in [-0.4, -0.2) is 57.4 Å². The largest absolute Gasteiger partial charge is 0.369 e. The summed E-state index contributed by atoms with van der Waals surface area (Å²) in [5, 5.41) is 8.81. The predicted molar refractivity (Wildman–Crippen MR) is 116 cm³/mol. The van der Waals surface area contributed by atoms with Gasteiger partial charge in [0.25, 0.3) is 0 Å². The van der Waals surface area contributed by atoms with E-state index in [0.29, 0.717) is 12.6 Å². The summed E-state index contributed by atoms with van der Waals surface area (Å²) in [6.07, 6.45) is 0.937. The van der Waals surface area contributed by atoms with Crippen LogP contribution in [0.15, 0.2) is 24.3 Å². The summed E-state index contributed by atoms with van der Waals surface area (Å²) < 4.78 is 10.6. The first-order valence-corrected chi connectivity index (χ1v) is 10.2. The molecule has 0 aliphatic heterocycles. The van der Waals surface area contributed by atoms with Gasteiger partial charge in [0, 0.05) is 24.8 Å². The first kappa shape index (κ1) is 25.1. The van der Waals surface area contributed by atoms with Gasteiger partial charge in [-0.1, -0.05) is 46.8 Å². The highest BCUT2D eigenvalue weighted by Gasteiger charge is 2.12. The van der Waals surface area contributed by atoms with Crippen LogP contribution in [-0.2, 0) is 25.5 Å². The lowest BCUT2D eigenvalue weighted by molar-refractivity contribution is -0.127. The van der Waals surface area contributed by atoms with E-state index in [-0.39, 0.29) is 43.7 Å². The molecule has 7 heteroatoms. The van der Waals surface area contributed by atoms with Crippen LogP contribution in [0.4, 0.5) is 5.69 Å². The quantitative estimate of drug-likeness (QED) is 0.437. The molecule has 0 radical (unpaired) electrons. The third-order valence-corrected chi connectivity index (χ3v) is 3.78. The topological polar surface area (TPSA) is 88.7 Å². The van der Waals surface area contributed by atoms with Crippen molar-refractivity contribution in [3.05, 3.63) is 29.8 Å². The molecule has 1 rings (SSSR count). The molecule has 0 fully saturated rings. The Morgan fingerprint density at radius 1 is 1.00 bits per heavy atom. The lowest BCUT2D eigenvalue weighted by atomic mass is 9.88. The lowest BCUT2D eigenvalue weighted by Gasteiger charge is -2.18. The number of hydrogen-bond acceptors (Lipinski definition) is 5. The zero-order valence-corrected chi connectivity index (χ0v) is 18.5. The van der Waals surface area contributed by atoms with Gasteiger partial charge in [0.15, 0.2) is 0 Å². The van der Waals surface area contributed by atoms with Crippen LogP contribution in [0, 0.1) is 5.41 Å². The normalized spacial score (nSPS) is 11.5. The van der Waals surface area contributed by atoms with Gasteiger partial charge in [0.1, 0.15) is 13.2 Å². The van der Waals surface area contributed by atoms with Gasteiger partial charge in [0.2, 0.25) is 11.8 Å². The molecule has 0 bridgehead atoms. The minimum Gasteiger partial charge on any atom is -0.369 e. The third-order valence-electron chi connectivity index (χ3n) is 3.78. The molecule has 0 aromatic heterocycles. The molecule has 0 spiro atoms. The van der Waals surface area contributed by atoms with Crippen molar-refractivity contribution in [1.29, 1.82) is 0 Å². The van der Waals surface area contributed by atoms with Crippen LogP contribution >= 0.6 is 0 Å². The zero-order chi connectivity index (χ0) is 21.7. The van der Waals surface area contributed by atoms with E-state index in [1.165, 1.54) is 5.56 Å². The molecule has 0 heterocycles. The molecular formula is C22H37N3O4. The Morgan fingerprint density at radius 3 is 2.28 bits per heavy atom. The van der Waals surface area contributed by atoms with Crippen molar-refractivity contribution in [3.63, 3.8) is 0 Å². The van der Waals surface area contributed by atoms with Gasteiger partial charge in [-0.2, -0.15) is 0 Å². The molecule has 29 heavy (non-hydrogen) atoms. The van der Waals surface area contributed by atoms with E-state index in [1.807, 2.05) is 18.2 Å². The van der Waals surface area contributed by atoms with E-state index in [1.54, 1.807) is 0 Å². The third kappa shape index (κ3) is 13.8. The molecule has 0 saturated carbocycles. The van der Waals surface area contributed by atoms with Gasteiger partial charge in [-0.05, 0) is 29.5 Å². The molecule has 0 aliphatic rings. The SMILES string of the molecule is CC(C)NCCNC(=O)COCCOCC(=O)Nc1cccc(CC(C)(C)C)c1. The van der Waals surface area contributed by atoms with Crippen molar-refractivity contribution < 1.29 is 19.1 Å². The number of anilines is 1. The number of benzene rings is 1. The van der Waals surface area contributed by atoms with Crippen LogP contribution in [0.5, 0.6) is 0 Å². The number of carbonyl (C=O) groups is 2. The molecule has 164 valence electrons. The van der Waals surface area contributed by atoms with Gasteiger partial charge in [-0.15, -0.1) is 0 Å². The van der Waals surface area contributed by atoms with E-state index in [4.69, 9.17) is 9.47 Å². The molecule has 0 aliphatic carbocycles. The number of hydrogen-bond donors (Lipinski definition) is 3. The van der Waals surface area contributed by atoms with E-state index in [2.05, 4.69) is 56.6 Å². The molecule has 0 unspecified atom stereocenters. The summed E-state index contributed by atoms with van der Waals surface area (Å²) >= 11 is 0.